The lowest BCUT2D eigenvalue weighted by atomic mass is 9.99. The molecule has 0 saturated heterocycles. The zero-order valence-electron chi connectivity index (χ0n) is 11.3. The molecule has 2 aromatic rings. The van der Waals surface area contributed by atoms with Crippen molar-refractivity contribution >= 4 is 26.8 Å². The summed E-state index contributed by atoms with van der Waals surface area (Å²) in [5.41, 5.74) is 1.35. The van der Waals surface area contributed by atoms with Crippen LogP contribution in [0.2, 0.25) is 0 Å². The van der Waals surface area contributed by atoms with Crippen LogP contribution in [-0.2, 0) is 6.54 Å². The lowest BCUT2D eigenvalue weighted by molar-refractivity contribution is 0.396. The molecule has 2 heteroatoms. The van der Waals surface area contributed by atoms with Crippen LogP contribution in [0.4, 0.5) is 0 Å². The molecule has 1 aromatic carbocycles. The van der Waals surface area contributed by atoms with Gasteiger partial charge in [-0.3, -0.25) is 0 Å². The van der Waals surface area contributed by atoms with Gasteiger partial charge in [-0.1, -0.05) is 55.1 Å². The molecule has 0 aliphatic heterocycles. The molecule has 98 valence electrons. The van der Waals surface area contributed by atoms with Crippen molar-refractivity contribution in [3.63, 3.8) is 0 Å². The molecule has 0 saturated carbocycles. The van der Waals surface area contributed by atoms with Crippen molar-refractivity contribution in [2.75, 3.05) is 0 Å². The van der Waals surface area contributed by atoms with Crippen LogP contribution in [0.15, 0.2) is 34.9 Å². The summed E-state index contributed by atoms with van der Waals surface area (Å²) in [5.74, 6) is 0.805. The predicted molar refractivity (Wildman–Crippen MR) is 82.9 cm³/mol. The monoisotopic (exact) mass is 307 g/mol. The second-order valence-corrected chi connectivity index (χ2v) is 6.00. The maximum absolute atomic E-state index is 3.56. The van der Waals surface area contributed by atoms with E-state index in [-0.39, 0.29) is 0 Å². The van der Waals surface area contributed by atoms with Crippen molar-refractivity contribution in [1.82, 2.24) is 4.57 Å². The highest BCUT2D eigenvalue weighted by atomic mass is 79.9. The van der Waals surface area contributed by atoms with Gasteiger partial charge in [0, 0.05) is 22.7 Å². The van der Waals surface area contributed by atoms with Gasteiger partial charge >= 0.3 is 0 Å². The summed E-state index contributed by atoms with van der Waals surface area (Å²) in [6, 6.07) is 8.74. The number of nitrogens with zero attached hydrogens (tertiary/aromatic N) is 1. The normalized spacial score (nSPS) is 13.1. The molecule has 0 fully saturated rings. The minimum absolute atomic E-state index is 0.805. The van der Waals surface area contributed by atoms with Gasteiger partial charge in [-0.25, -0.2) is 0 Å². The highest BCUT2D eigenvalue weighted by Crippen LogP contribution is 2.23. The van der Waals surface area contributed by atoms with Crippen molar-refractivity contribution in [2.45, 2.75) is 46.1 Å². The number of rotatable bonds is 6. The van der Waals surface area contributed by atoms with Crippen molar-refractivity contribution < 1.29 is 0 Å². The Morgan fingerprint density at radius 2 is 2.06 bits per heavy atom. The molecule has 1 nitrogen and oxygen atoms in total. The molecule has 0 spiro atoms. The minimum atomic E-state index is 0.805. The van der Waals surface area contributed by atoms with Gasteiger partial charge in [0.05, 0.1) is 0 Å². The lowest BCUT2D eigenvalue weighted by Crippen LogP contribution is -2.09. The third-order valence-corrected chi connectivity index (χ3v) is 4.23. The van der Waals surface area contributed by atoms with E-state index in [0.29, 0.717) is 0 Å². The number of benzene rings is 1. The van der Waals surface area contributed by atoms with Gasteiger partial charge < -0.3 is 4.57 Å². The topological polar surface area (TPSA) is 4.93 Å². The molecular formula is C16H22BrN. The van der Waals surface area contributed by atoms with Crippen molar-refractivity contribution in [3.8, 4) is 0 Å². The number of halogens is 1. The second-order valence-electron chi connectivity index (χ2n) is 5.09. The predicted octanol–water partition coefficient (Wildman–Crippen LogP) is 5.62. The molecule has 1 aromatic heterocycles. The Balaban J connectivity index is 2.17. The molecule has 2 rings (SSSR count). The summed E-state index contributed by atoms with van der Waals surface area (Å²) in [4.78, 5) is 0. The van der Waals surface area contributed by atoms with Gasteiger partial charge in [0.1, 0.15) is 0 Å². The van der Waals surface area contributed by atoms with Gasteiger partial charge in [-0.05, 0) is 35.9 Å². The molecule has 0 radical (unpaired) electrons. The van der Waals surface area contributed by atoms with Crippen LogP contribution in [0.5, 0.6) is 0 Å². The molecule has 0 N–H and O–H groups in total. The van der Waals surface area contributed by atoms with Crippen molar-refractivity contribution in [3.05, 3.63) is 34.9 Å². The molecule has 0 bridgehead atoms. The Morgan fingerprint density at radius 1 is 1.22 bits per heavy atom. The lowest BCUT2D eigenvalue weighted by Gasteiger charge is -2.16. The van der Waals surface area contributed by atoms with E-state index in [0.717, 1.165) is 16.9 Å². The Hall–Kier alpha value is -0.760. The smallest absolute Gasteiger partial charge is 0.0491 e. The van der Waals surface area contributed by atoms with Gasteiger partial charge in [-0.2, -0.15) is 0 Å². The summed E-state index contributed by atoms with van der Waals surface area (Å²) < 4.78 is 3.57. The van der Waals surface area contributed by atoms with Gasteiger partial charge in [0.15, 0.2) is 0 Å². The average molecular weight is 308 g/mol. The standard InChI is InChI=1S/C16H22BrN/c1-3-5-6-13(4-2)12-18-10-9-14-7-8-15(17)11-16(14)18/h7-11,13H,3-6,12H2,1-2H3. The Bertz CT molecular complexity index is 501. The zero-order valence-corrected chi connectivity index (χ0v) is 12.9. The first-order chi connectivity index (χ1) is 8.74. The highest BCUT2D eigenvalue weighted by Gasteiger charge is 2.09. The van der Waals surface area contributed by atoms with Crippen LogP contribution in [0, 0.1) is 5.92 Å². The van der Waals surface area contributed by atoms with Gasteiger partial charge in [0.2, 0.25) is 0 Å². The molecule has 18 heavy (non-hydrogen) atoms. The van der Waals surface area contributed by atoms with E-state index in [1.807, 2.05) is 0 Å². The summed E-state index contributed by atoms with van der Waals surface area (Å²) in [6.07, 6.45) is 7.50. The van der Waals surface area contributed by atoms with E-state index < -0.39 is 0 Å². The largest absolute Gasteiger partial charge is 0.347 e. The quantitative estimate of drug-likeness (QED) is 0.652. The van der Waals surface area contributed by atoms with Crippen LogP contribution in [0.3, 0.4) is 0 Å². The van der Waals surface area contributed by atoms with Crippen LogP contribution < -0.4 is 0 Å². The number of unbranched alkanes of at least 4 members (excludes halogenated alkanes) is 1. The molecule has 0 aliphatic rings. The summed E-state index contributed by atoms with van der Waals surface area (Å²) in [5, 5.41) is 1.34. The van der Waals surface area contributed by atoms with Crippen molar-refractivity contribution in [1.29, 1.82) is 0 Å². The molecule has 0 aliphatic carbocycles. The third kappa shape index (κ3) is 3.17. The molecule has 1 heterocycles. The first-order valence-corrected chi connectivity index (χ1v) is 7.78. The maximum Gasteiger partial charge on any atom is 0.0491 e. The molecule has 1 unspecified atom stereocenters. The Kier molecular flexibility index (Phi) is 4.87. The first-order valence-electron chi connectivity index (χ1n) is 6.99. The van der Waals surface area contributed by atoms with Crippen LogP contribution >= 0.6 is 15.9 Å². The summed E-state index contributed by atoms with van der Waals surface area (Å²) in [7, 11) is 0. The number of hydrogen-bond donors (Lipinski definition) is 0. The summed E-state index contributed by atoms with van der Waals surface area (Å²) >= 11 is 3.56. The Morgan fingerprint density at radius 3 is 2.78 bits per heavy atom. The second kappa shape index (κ2) is 6.42. The Labute approximate surface area is 118 Å². The van der Waals surface area contributed by atoms with Crippen LogP contribution in [0.25, 0.3) is 10.9 Å². The summed E-state index contributed by atoms with van der Waals surface area (Å²) in [6.45, 7) is 5.73. The SMILES string of the molecule is CCCCC(CC)Cn1ccc2ccc(Br)cc21. The van der Waals surface area contributed by atoms with E-state index in [2.05, 4.69) is 64.8 Å². The molecule has 0 amide bonds. The first kappa shape index (κ1) is 13.7. The van der Waals surface area contributed by atoms with E-state index in [4.69, 9.17) is 0 Å². The van der Waals surface area contributed by atoms with E-state index >= 15 is 0 Å². The van der Waals surface area contributed by atoms with E-state index in [9.17, 15) is 0 Å². The van der Waals surface area contributed by atoms with E-state index in [1.54, 1.807) is 0 Å². The van der Waals surface area contributed by atoms with Gasteiger partial charge in [-0.15, -0.1) is 0 Å². The molecular weight excluding hydrogens is 286 g/mol. The van der Waals surface area contributed by atoms with Crippen LogP contribution in [0.1, 0.15) is 39.5 Å². The van der Waals surface area contributed by atoms with Crippen LogP contribution in [-0.4, -0.2) is 4.57 Å². The average Bonchev–Trinajstić information content (AvgIpc) is 2.77. The van der Waals surface area contributed by atoms with E-state index in [1.165, 1.54) is 36.6 Å². The fourth-order valence-corrected chi connectivity index (χ4v) is 2.86. The zero-order chi connectivity index (χ0) is 13.0. The maximum atomic E-state index is 3.56. The number of aromatic nitrogens is 1. The number of hydrogen-bond acceptors (Lipinski definition) is 0. The van der Waals surface area contributed by atoms with Crippen molar-refractivity contribution in [2.24, 2.45) is 5.92 Å². The fourth-order valence-electron chi connectivity index (χ4n) is 2.51. The highest BCUT2D eigenvalue weighted by molar-refractivity contribution is 9.10. The molecule has 1 atom stereocenters. The fraction of sp³-hybridized carbons (Fsp3) is 0.500. The number of fused-ring (bicyclic) bond motifs is 1. The minimum Gasteiger partial charge on any atom is -0.347 e. The van der Waals surface area contributed by atoms with Gasteiger partial charge in [0.25, 0.3) is 0 Å². The third-order valence-electron chi connectivity index (χ3n) is 3.73.